The van der Waals surface area contributed by atoms with Crippen LogP contribution in [0.4, 0.5) is 0 Å². The molecule has 80 valence electrons. The fourth-order valence-electron chi connectivity index (χ4n) is 2.88. The molecule has 0 amide bonds. The van der Waals surface area contributed by atoms with E-state index in [1.807, 2.05) is 0 Å². The van der Waals surface area contributed by atoms with Crippen LogP contribution in [0.15, 0.2) is 0 Å². The molecule has 0 bridgehead atoms. The van der Waals surface area contributed by atoms with Crippen molar-refractivity contribution < 1.29 is 9.90 Å². The smallest absolute Gasteiger partial charge is 0.306 e. The maximum absolute atomic E-state index is 10.8. The molecule has 1 aliphatic heterocycles. The van der Waals surface area contributed by atoms with Crippen LogP contribution in [0.5, 0.6) is 0 Å². The average Bonchev–Trinajstić information content (AvgIpc) is 2.13. The number of rotatable bonds is 2. The normalized spacial score (nSPS) is 35.2. The summed E-state index contributed by atoms with van der Waals surface area (Å²) in [6.07, 6.45) is 4.07. The SMILES string of the molecule is CN1CC(C2CCC(C(=O)O)CC2)C1. The Morgan fingerprint density at radius 2 is 1.71 bits per heavy atom. The minimum absolute atomic E-state index is 0.0518. The van der Waals surface area contributed by atoms with Crippen LogP contribution in [-0.4, -0.2) is 36.1 Å². The van der Waals surface area contributed by atoms with Gasteiger partial charge in [0.25, 0.3) is 0 Å². The number of carboxylic acids is 1. The molecule has 0 aromatic rings. The largest absolute Gasteiger partial charge is 0.481 e. The Morgan fingerprint density at radius 1 is 1.14 bits per heavy atom. The van der Waals surface area contributed by atoms with Gasteiger partial charge < -0.3 is 10.0 Å². The van der Waals surface area contributed by atoms with Crippen molar-refractivity contribution in [2.45, 2.75) is 25.7 Å². The Labute approximate surface area is 85.1 Å². The van der Waals surface area contributed by atoms with Crippen LogP contribution in [0.1, 0.15) is 25.7 Å². The third-order valence-corrected chi connectivity index (χ3v) is 3.88. The molecule has 0 atom stereocenters. The molecule has 0 radical (unpaired) electrons. The van der Waals surface area contributed by atoms with E-state index in [-0.39, 0.29) is 5.92 Å². The summed E-state index contributed by atoms with van der Waals surface area (Å²) in [6, 6.07) is 0. The Hall–Kier alpha value is -0.570. The zero-order chi connectivity index (χ0) is 10.1. The summed E-state index contributed by atoms with van der Waals surface area (Å²) >= 11 is 0. The number of likely N-dealkylation sites (tertiary alicyclic amines) is 1. The van der Waals surface area contributed by atoms with Crippen LogP contribution in [0.25, 0.3) is 0 Å². The molecule has 1 saturated carbocycles. The fraction of sp³-hybridized carbons (Fsp3) is 0.909. The van der Waals surface area contributed by atoms with Gasteiger partial charge in [0.1, 0.15) is 0 Å². The zero-order valence-electron chi connectivity index (χ0n) is 8.78. The summed E-state index contributed by atoms with van der Waals surface area (Å²) in [5, 5.41) is 8.87. The minimum atomic E-state index is -0.589. The molecular weight excluding hydrogens is 178 g/mol. The number of aliphatic carboxylic acids is 1. The first-order chi connectivity index (χ1) is 6.66. The van der Waals surface area contributed by atoms with Crippen LogP contribution in [0.2, 0.25) is 0 Å². The Morgan fingerprint density at radius 3 is 2.14 bits per heavy atom. The highest BCUT2D eigenvalue weighted by atomic mass is 16.4. The summed E-state index contributed by atoms with van der Waals surface area (Å²) < 4.78 is 0. The van der Waals surface area contributed by atoms with Gasteiger partial charge >= 0.3 is 5.97 Å². The number of carbonyl (C=O) groups is 1. The molecule has 0 aromatic heterocycles. The Kier molecular flexibility index (Phi) is 2.77. The standard InChI is InChI=1S/C11H19NO2/c1-12-6-10(7-12)8-2-4-9(5-3-8)11(13)14/h8-10H,2-7H2,1H3,(H,13,14). The molecule has 3 heteroatoms. The van der Waals surface area contributed by atoms with E-state index in [0.717, 1.165) is 37.5 Å². The van der Waals surface area contributed by atoms with Gasteiger partial charge in [-0.25, -0.2) is 0 Å². The summed E-state index contributed by atoms with van der Waals surface area (Å²) in [5.74, 6) is 1.02. The fourth-order valence-corrected chi connectivity index (χ4v) is 2.88. The van der Waals surface area contributed by atoms with Gasteiger partial charge in [-0.2, -0.15) is 0 Å². The lowest BCUT2D eigenvalue weighted by molar-refractivity contribution is -0.143. The van der Waals surface area contributed by atoms with E-state index in [1.54, 1.807) is 0 Å². The van der Waals surface area contributed by atoms with Gasteiger partial charge in [-0.05, 0) is 44.6 Å². The monoisotopic (exact) mass is 197 g/mol. The molecule has 0 unspecified atom stereocenters. The second kappa shape index (κ2) is 3.89. The van der Waals surface area contributed by atoms with Crippen LogP contribution < -0.4 is 0 Å². The summed E-state index contributed by atoms with van der Waals surface area (Å²) in [6.45, 7) is 2.45. The molecule has 2 fully saturated rings. The second-order valence-corrected chi connectivity index (χ2v) is 4.93. The van der Waals surface area contributed by atoms with Gasteiger partial charge in [0, 0.05) is 13.1 Å². The number of hydrogen-bond acceptors (Lipinski definition) is 2. The lowest BCUT2D eigenvalue weighted by atomic mass is 9.73. The first-order valence-corrected chi connectivity index (χ1v) is 5.58. The number of nitrogens with zero attached hydrogens (tertiary/aromatic N) is 1. The third-order valence-electron chi connectivity index (χ3n) is 3.88. The van der Waals surface area contributed by atoms with E-state index in [4.69, 9.17) is 5.11 Å². The van der Waals surface area contributed by atoms with Crippen molar-refractivity contribution in [1.82, 2.24) is 4.90 Å². The molecule has 2 rings (SSSR count). The Bertz CT molecular complexity index is 215. The maximum Gasteiger partial charge on any atom is 0.306 e. The highest BCUT2D eigenvalue weighted by molar-refractivity contribution is 5.69. The van der Waals surface area contributed by atoms with Gasteiger partial charge in [-0.15, -0.1) is 0 Å². The van der Waals surface area contributed by atoms with E-state index in [2.05, 4.69) is 11.9 Å². The van der Waals surface area contributed by atoms with Crippen molar-refractivity contribution in [2.24, 2.45) is 17.8 Å². The summed E-state index contributed by atoms with van der Waals surface area (Å²) in [7, 11) is 2.15. The van der Waals surface area contributed by atoms with Crippen molar-refractivity contribution in [2.75, 3.05) is 20.1 Å². The second-order valence-electron chi connectivity index (χ2n) is 4.93. The summed E-state index contributed by atoms with van der Waals surface area (Å²) in [5.41, 5.74) is 0. The van der Waals surface area contributed by atoms with E-state index < -0.39 is 5.97 Å². The van der Waals surface area contributed by atoms with Crippen LogP contribution in [0, 0.1) is 17.8 Å². The molecule has 2 aliphatic rings. The average molecular weight is 197 g/mol. The molecular formula is C11H19NO2. The predicted molar refractivity (Wildman–Crippen MR) is 54.1 cm³/mol. The van der Waals surface area contributed by atoms with Crippen LogP contribution in [0.3, 0.4) is 0 Å². The minimum Gasteiger partial charge on any atom is -0.481 e. The predicted octanol–water partition coefficient (Wildman–Crippen LogP) is 1.44. The molecule has 14 heavy (non-hydrogen) atoms. The number of carboxylic acid groups (broad SMARTS) is 1. The van der Waals surface area contributed by atoms with Crippen molar-refractivity contribution in [3.63, 3.8) is 0 Å². The molecule has 1 aliphatic carbocycles. The first kappa shape index (κ1) is 9.97. The van der Waals surface area contributed by atoms with Crippen molar-refractivity contribution in [3.8, 4) is 0 Å². The molecule has 1 N–H and O–H groups in total. The van der Waals surface area contributed by atoms with E-state index in [9.17, 15) is 4.79 Å². The summed E-state index contributed by atoms with van der Waals surface area (Å²) in [4.78, 5) is 13.1. The van der Waals surface area contributed by atoms with Crippen LogP contribution in [-0.2, 0) is 4.79 Å². The van der Waals surface area contributed by atoms with Gasteiger partial charge in [-0.1, -0.05) is 0 Å². The lowest BCUT2D eigenvalue weighted by Gasteiger charge is -2.43. The quantitative estimate of drug-likeness (QED) is 0.728. The van der Waals surface area contributed by atoms with E-state index >= 15 is 0 Å². The highest BCUT2D eigenvalue weighted by Crippen LogP contribution is 2.36. The van der Waals surface area contributed by atoms with Crippen molar-refractivity contribution in [1.29, 1.82) is 0 Å². The van der Waals surface area contributed by atoms with Gasteiger partial charge in [0.05, 0.1) is 5.92 Å². The van der Waals surface area contributed by atoms with Gasteiger partial charge in [0.2, 0.25) is 0 Å². The molecule has 3 nitrogen and oxygen atoms in total. The van der Waals surface area contributed by atoms with E-state index in [0.29, 0.717) is 0 Å². The Balaban J connectivity index is 1.76. The number of hydrogen-bond donors (Lipinski definition) is 1. The van der Waals surface area contributed by atoms with Crippen molar-refractivity contribution in [3.05, 3.63) is 0 Å². The topological polar surface area (TPSA) is 40.5 Å². The van der Waals surface area contributed by atoms with Gasteiger partial charge in [-0.3, -0.25) is 4.79 Å². The van der Waals surface area contributed by atoms with Crippen molar-refractivity contribution >= 4 is 5.97 Å². The van der Waals surface area contributed by atoms with E-state index in [1.165, 1.54) is 13.1 Å². The maximum atomic E-state index is 10.8. The molecule has 0 spiro atoms. The zero-order valence-corrected chi connectivity index (χ0v) is 8.78. The van der Waals surface area contributed by atoms with Crippen LogP contribution >= 0.6 is 0 Å². The molecule has 1 saturated heterocycles. The lowest BCUT2D eigenvalue weighted by Crippen LogP contribution is -2.48. The molecule has 0 aromatic carbocycles. The van der Waals surface area contributed by atoms with Gasteiger partial charge in [0.15, 0.2) is 0 Å². The third kappa shape index (κ3) is 1.92. The first-order valence-electron chi connectivity index (χ1n) is 5.58. The highest BCUT2D eigenvalue weighted by Gasteiger charge is 2.35. The molecule has 1 heterocycles.